The second kappa shape index (κ2) is 9.15. The van der Waals surface area contributed by atoms with Gasteiger partial charge in [-0.25, -0.2) is 0 Å². The van der Waals surface area contributed by atoms with Crippen LogP contribution >= 0.6 is 0 Å². The van der Waals surface area contributed by atoms with Crippen LogP contribution in [0.4, 0.5) is 0 Å². The topological polar surface area (TPSA) is 93.6 Å². The van der Waals surface area contributed by atoms with E-state index in [0.717, 1.165) is 24.1 Å². The number of hydrogen-bond donors (Lipinski definition) is 2. The molecule has 1 aromatic heterocycles. The molecular weight excluding hydrogens is 268 g/mol. The lowest BCUT2D eigenvalue weighted by Crippen LogP contribution is -2.19. The van der Waals surface area contributed by atoms with Crippen molar-refractivity contribution in [3.63, 3.8) is 0 Å². The minimum Gasteiger partial charge on any atom is -0.476 e. The predicted molar refractivity (Wildman–Crippen MR) is 82.9 cm³/mol. The molecule has 0 saturated carbocycles. The zero-order chi connectivity index (χ0) is 15.7. The van der Waals surface area contributed by atoms with Gasteiger partial charge in [0.15, 0.2) is 5.84 Å². The number of amidine groups is 1. The highest BCUT2D eigenvalue weighted by molar-refractivity contribution is 6.00. The summed E-state index contributed by atoms with van der Waals surface area (Å²) in [6, 6.07) is 0. The molecule has 3 N–H and O–H groups in total. The summed E-state index contributed by atoms with van der Waals surface area (Å²) >= 11 is 0. The highest BCUT2D eigenvalue weighted by atomic mass is 16.5. The van der Waals surface area contributed by atoms with Crippen LogP contribution in [-0.4, -0.2) is 27.8 Å². The molecule has 0 spiro atoms. The molecular formula is C15H26N4O2. The van der Waals surface area contributed by atoms with Gasteiger partial charge in [-0.1, -0.05) is 44.2 Å². The van der Waals surface area contributed by atoms with Gasteiger partial charge < -0.3 is 15.7 Å². The second-order valence-corrected chi connectivity index (χ2v) is 5.19. The number of aromatic nitrogens is 2. The van der Waals surface area contributed by atoms with E-state index in [1.807, 2.05) is 13.8 Å². The molecule has 0 radical (unpaired) electrons. The maximum absolute atomic E-state index is 8.88. The zero-order valence-corrected chi connectivity index (χ0v) is 13.2. The summed E-state index contributed by atoms with van der Waals surface area (Å²) in [6.45, 7) is 6.45. The molecule has 1 rings (SSSR count). The fraction of sp³-hybridized carbons (Fsp3) is 0.667. The van der Waals surface area contributed by atoms with Crippen molar-refractivity contribution >= 4 is 5.84 Å². The number of nitrogens with zero attached hydrogens (tertiary/aromatic N) is 3. The number of oxime groups is 1. The number of unbranched alkanes of at least 4 members (excludes halogenated alkanes) is 5. The van der Waals surface area contributed by atoms with Crippen LogP contribution in [0.25, 0.3) is 0 Å². The summed E-state index contributed by atoms with van der Waals surface area (Å²) in [5, 5.41) is 20.0. The SMILES string of the molecule is CCCCCCCCOc1nnc(C)c(C)c1/C(N)=N/O. The Morgan fingerprint density at radius 2 is 1.81 bits per heavy atom. The minimum absolute atomic E-state index is 0.00319. The summed E-state index contributed by atoms with van der Waals surface area (Å²) < 4.78 is 5.66. The number of rotatable bonds is 9. The van der Waals surface area contributed by atoms with E-state index in [-0.39, 0.29) is 5.84 Å². The number of nitrogens with two attached hydrogens (primary N) is 1. The highest BCUT2D eigenvalue weighted by Crippen LogP contribution is 2.20. The third-order valence-electron chi connectivity index (χ3n) is 3.52. The number of ether oxygens (including phenoxy) is 1. The number of hydrogen-bond acceptors (Lipinski definition) is 5. The van der Waals surface area contributed by atoms with E-state index in [2.05, 4.69) is 22.3 Å². The summed E-state index contributed by atoms with van der Waals surface area (Å²) in [4.78, 5) is 0. The first-order chi connectivity index (χ1) is 10.1. The van der Waals surface area contributed by atoms with Gasteiger partial charge in [-0.2, -0.15) is 5.10 Å². The quantitative estimate of drug-likeness (QED) is 0.240. The van der Waals surface area contributed by atoms with Gasteiger partial charge in [0.2, 0.25) is 5.88 Å². The molecule has 0 aliphatic heterocycles. The van der Waals surface area contributed by atoms with E-state index in [0.29, 0.717) is 18.1 Å². The van der Waals surface area contributed by atoms with Crippen molar-refractivity contribution in [3.8, 4) is 5.88 Å². The van der Waals surface area contributed by atoms with Gasteiger partial charge in [0, 0.05) is 0 Å². The summed E-state index contributed by atoms with van der Waals surface area (Å²) in [5.41, 5.74) is 7.78. The molecule has 1 aromatic rings. The van der Waals surface area contributed by atoms with Gasteiger partial charge in [0.1, 0.15) is 0 Å². The Labute approximate surface area is 126 Å². The highest BCUT2D eigenvalue weighted by Gasteiger charge is 2.16. The molecule has 0 aromatic carbocycles. The fourth-order valence-corrected chi connectivity index (χ4v) is 2.09. The van der Waals surface area contributed by atoms with E-state index >= 15 is 0 Å². The summed E-state index contributed by atoms with van der Waals surface area (Å²) in [5.74, 6) is 0.338. The monoisotopic (exact) mass is 294 g/mol. The molecule has 0 saturated heterocycles. The van der Waals surface area contributed by atoms with Crippen molar-refractivity contribution < 1.29 is 9.94 Å². The van der Waals surface area contributed by atoms with E-state index in [4.69, 9.17) is 15.7 Å². The predicted octanol–water partition coefficient (Wildman–Crippen LogP) is 2.93. The average molecular weight is 294 g/mol. The lowest BCUT2D eigenvalue weighted by Gasteiger charge is -2.12. The van der Waals surface area contributed by atoms with Crippen LogP contribution in [0.3, 0.4) is 0 Å². The van der Waals surface area contributed by atoms with Crippen LogP contribution in [0.15, 0.2) is 5.16 Å². The summed E-state index contributed by atoms with van der Waals surface area (Å²) in [6.07, 6.45) is 7.14. The molecule has 1 heterocycles. The van der Waals surface area contributed by atoms with Crippen LogP contribution in [-0.2, 0) is 0 Å². The molecule has 0 atom stereocenters. The lowest BCUT2D eigenvalue weighted by molar-refractivity contribution is 0.287. The van der Waals surface area contributed by atoms with Crippen molar-refractivity contribution in [1.82, 2.24) is 10.2 Å². The normalized spacial score (nSPS) is 11.7. The van der Waals surface area contributed by atoms with Crippen LogP contribution in [0.5, 0.6) is 5.88 Å². The lowest BCUT2D eigenvalue weighted by atomic mass is 10.1. The molecule has 0 bridgehead atoms. The minimum atomic E-state index is 0.00319. The Kier molecular flexibility index (Phi) is 7.50. The molecule has 0 amide bonds. The molecule has 0 aliphatic rings. The largest absolute Gasteiger partial charge is 0.476 e. The van der Waals surface area contributed by atoms with Gasteiger partial charge in [-0.3, -0.25) is 0 Å². The third kappa shape index (κ3) is 5.21. The Hall–Kier alpha value is -1.85. The van der Waals surface area contributed by atoms with Crippen molar-refractivity contribution in [2.45, 2.75) is 59.3 Å². The standard InChI is InChI=1S/C15H26N4O2/c1-4-5-6-7-8-9-10-21-15-13(14(16)19-20)11(2)12(3)17-18-15/h20H,4-10H2,1-3H3,(H2,16,19). The number of aryl methyl sites for hydroxylation is 1. The fourth-order valence-electron chi connectivity index (χ4n) is 2.09. The Morgan fingerprint density at radius 1 is 1.14 bits per heavy atom. The van der Waals surface area contributed by atoms with Crippen molar-refractivity contribution in [2.24, 2.45) is 10.9 Å². The van der Waals surface area contributed by atoms with Gasteiger partial charge in [-0.05, 0) is 25.8 Å². The molecule has 118 valence electrons. The maximum Gasteiger partial charge on any atom is 0.244 e. The molecule has 0 fully saturated rings. The molecule has 6 heteroatoms. The first kappa shape index (κ1) is 17.2. The van der Waals surface area contributed by atoms with Gasteiger partial charge in [-0.15, -0.1) is 5.10 Å². The second-order valence-electron chi connectivity index (χ2n) is 5.19. The van der Waals surface area contributed by atoms with E-state index in [1.165, 1.54) is 25.7 Å². The van der Waals surface area contributed by atoms with E-state index in [9.17, 15) is 0 Å². The third-order valence-corrected chi connectivity index (χ3v) is 3.52. The average Bonchev–Trinajstić information content (AvgIpc) is 2.49. The van der Waals surface area contributed by atoms with Crippen molar-refractivity contribution in [2.75, 3.05) is 6.61 Å². The maximum atomic E-state index is 8.88. The van der Waals surface area contributed by atoms with E-state index < -0.39 is 0 Å². The van der Waals surface area contributed by atoms with Crippen molar-refractivity contribution in [1.29, 1.82) is 0 Å². The zero-order valence-electron chi connectivity index (χ0n) is 13.2. The van der Waals surface area contributed by atoms with E-state index in [1.54, 1.807) is 0 Å². The molecule has 21 heavy (non-hydrogen) atoms. The Bertz CT molecular complexity index is 475. The van der Waals surface area contributed by atoms with Crippen LogP contribution in [0.2, 0.25) is 0 Å². The van der Waals surface area contributed by atoms with Crippen molar-refractivity contribution in [3.05, 3.63) is 16.8 Å². The molecule has 0 aliphatic carbocycles. The summed E-state index contributed by atoms with van der Waals surface area (Å²) in [7, 11) is 0. The Morgan fingerprint density at radius 3 is 2.48 bits per heavy atom. The van der Waals surface area contributed by atoms with Gasteiger partial charge >= 0.3 is 0 Å². The van der Waals surface area contributed by atoms with Gasteiger partial charge in [0.05, 0.1) is 17.9 Å². The Balaban J connectivity index is 2.57. The first-order valence-corrected chi connectivity index (χ1v) is 7.56. The van der Waals surface area contributed by atoms with Gasteiger partial charge in [0.25, 0.3) is 0 Å². The molecule has 6 nitrogen and oxygen atoms in total. The smallest absolute Gasteiger partial charge is 0.244 e. The van der Waals surface area contributed by atoms with Crippen LogP contribution < -0.4 is 10.5 Å². The molecule has 0 unspecified atom stereocenters. The van der Waals surface area contributed by atoms with Crippen LogP contribution in [0, 0.1) is 13.8 Å². The first-order valence-electron chi connectivity index (χ1n) is 7.56. The van der Waals surface area contributed by atoms with Crippen LogP contribution in [0.1, 0.15) is 62.3 Å².